The number of nitrogens with one attached hydrogen (secondary N) is 1. The van der Waals surface area contributed by atoms with Crippen molar-refractivity contribution in [2.75, 3.05) is 27.4 Å². The maximum atomic E-state index is 12.6. The topological polar surface area (TPSA) is 66.0 Å². The highest BCUT2D eigenvalue weighted by molar-refractivity contribution is 5.92. The van der Waals surface area contributed by atoms with Crippen molar-refractivity contribution >= 4 is 12.0 Å². The molecule has 2 aromatic rings. The highest BCUT2D eigenvalue weighted by Crippen LogP contribution is 2.33. The van der Waals surface area contributed by atoms with E-state index in [4.69, 9.17) is 14.2 Å². The van der Waals surface area contributed by atoms with Gasteiger partial charge in [-0.1, -0.05) is 18.2 Å². The van der Waals surface area contributed by atoms with E-state index in [0.29, 0.717) is 17.1 Å². The Bertz CT molecular complexity index is 811. The standard InChI is InChI=1S/C20H21F2NO5/c1-25-15-6-4-7-16(13-15)27-12-11-23-18(24)10-9-14-5-3-8-17(26-2)19(14)28-20(21)22/h3-10,13,20H,11-12H2,1-2H3,(H,23,24)/b10-9+. The van der Waals surface area contributed by atoms with E-state index in [1.54, 1.807) is 37.4 Å². The Hall–Kier alpha value is -3.29. The van der Waals surface area contributed by atoms with E-state index in [0.717, 1.165) is 0 Å². The van der Waals surface area contributed by atoms with Gasteiger partial charge in [-0.05, 0) is 24.3 Å². The fourth-order valence-corrected chi connectivity index (χ4v) is 2.30. The number of carbonyl (C=O) groups excluding carboxylic acids is 1. The molecular formula is C20H21F2NO5. The molecule has 0 aromatic heterocycles. The van der Waals surface area contributed by atoms with Crippen LogP contribution in [0, 0.1) is 0 Å². The van der Waals surface area contributed by atoms with Crippen LogP contribution in [0.4, 0.5) is 8.78 Å². The van der Waals surface area contributed by atoms with Gasteiger partial charge in [0, 0.05) is 17.7 Å². The molecule has 0 aliphatic rings. The van der Waals surface area contributed by atoms with Gasteiger partial charge in [-0.15, -0.1) is 0 Å². The molecule has 2 aromatic carbocycles. The van der Waals surface area contributed by atoms with E-state index < -0.39 is 12.5 Å². The van der Waals surface area contributed by atoms with Crippen LogP contribution < -0.4 is 24.3 Å². The quantitative estimate of drug-likeness (QED) is 0.494. The van der Waals surface area contributed by atoms with E-state index in [1.165, 1.54) is 31.4 Å². The molecular weight excluding hydrogens is 372 g/mol. The largest absolute Gasteiger partial charge is 0.497 e. The highest BCUT2D eigenvalue weighted by Gasteiger charge is 2.13. The molecule has 0 unspecified atom stereocenters. The van der Waals surface area contributed by atoms with Crippen LogP contribution in [0.15, 0.2) is 48.5 Å². The SMILES string of the molecule is COc1cccc(OCCNC(=O)/C=C/c2cccc(OC)c2OC(F)F)c1. The number of hydrogen-bond acceptors (Lipinski definition) is 5. The smallest absolute Gasteiger partial charge is 0.387 e. The summed E-state index contributed by atoms with van der Waals surface area (Å²) in [7, 11) is 2.90. The number of para-hydroxylation sites is 1. The summed E-state index contributed by atoms with van der Waals surface area (Å²) in [5.74, 6) is 0.902. The molecule has 0 bridgehead atoms. The van der Waals surface area contributed by atoms with Crippen molar-refractivity contribution in [3.8, 4) is 23.0 Å². The Morgan fingerprint density at radius 3 is 2.57 bits per heavy atom. The Morgan fingerprint density at radius 2 is 1.86 bits per heavy atom. The van der Waals surface area contributed by atoms with Crippen molar-refractivity contribution in [1.29, 1.82) is 0 Å². The molecule has 150 valence electrons. The molecule has 0 aliphatic heterocycles. The maximum absolute atomic E-state index is 12.6. The summed E-state index contributed by atoms with van der Waals surface area (Å²) in [4.78, 5) is 11.9. The first kappa shape index (κ1) is 21.0. The first-order valence-electron chi connectivity index (χ1n) is 8.38. The number of rotatable bonds is 10. The Kier molecular flexibility index (Phi) is 8.08. The second kappa shape index (κ2) is 10.8. The number of alkyl halides is 2. The molecule has 0 radical (unpaired) electrons. The molecule has 0 spiro atoms. The molecule has 8 heteroatoms. The molecule has 0 aliphatic carbocycles. The van der Waals surface area contributed by atoms with E-state index in [2.05, 4.69) is 10.1 Å². The van der Waals surface area contributed by atoms with Gasteiger partial charge in [-0.2, -0.15) is 8.78 Å². The first-order chi connectivity index (χ1) is 13.5. The Morgan fingerprint density at radius 1 is 1.11 bits per heavy atom. The predicted molar refractivity (Wildman–Crippen MR) is 100 cm³/mol. The normalized spacial score (nSPS) is 10.8. The first-order valence-corrected chi connectivity index (χ1v) is 8.38. The molecule has 0 saturated carbocycles. The third-order valence-electron chi connectivity index (χ3n) is 3.56. The minimum absolute atomic E-state index is 0.134. The van der Waals surface area contributed by atoms with Crippen LogP contribution in [0.2, 0.25) is 0 Å². The highest BCUT2D eigenvalue weighted by atomic mass is 19.3. The van der Waals surface area contributed by atoms with Gasteiger partial charge in [0.05, 0.1) is 20.8 Å². The molecule has 0 atom stereocenters. The lowest BCUT2D eigenvalue weighted by Gasteiger charge is -2.12. The summed E-state index contributed by atoms with van der Waals surface area (Å²) < 4.78 is 45.3. The van der Waals surface area contributed by atoms with Crippen LogP contribution in [0.3, 0.4) is 0 Å². The number of benzene rings is 2. The van der Waals surface area contributed by atoms with Gasteiger partial charge >= 0.3 is 6.61 Å². The lowest BCUT2D eigenvalue weighted by atomic mass is 10.1. The minimum Gasteiger partial charge on any atom is -0.497 e. The molecule has 6 nitrogen and oxygen atoms in total. The van der Waals surface area contributed by atoms with Gasteiger partial charge in [0.25, 0.3) is 0 Å². The third-order valence-corrected chi connectivity index (χ3v) is 3.56. The van der Waals surface area contributed by atoms with Crippen molar-refractivity contribution in [3.05, 3.63) is 54.1 Å². The van der Waals surface area contributed by atoms with Gasteiger partial charge < -0.3 is 24.3 Å². The van der Waals surface area contributed by atoms with Crippen LogP contribution in [-0.2, 0) is 4.79 Å². The minimum atomic E-state index is -3.01. The maximum Gasteiger partial charge on any atom is 0.387 e. The van der Waals surface area contributed by atoms with Gasteiger partial charge in [-0.3, -0.25) is 4.79 Å². The fraction of sp³-hybridized carbons (Fsp3) is 0.250. The van der Waals surface area contributed by atoms with Crippen molar-refractivity contribution in [2.24, 2.45) is 0 Å². The summed E-state index contributed by atoms with van der Waals surface area (Å²) in [5.41, 5.74) is 0.294. The number of ether oxygens (including phenoxy) is 4. The third kappa shape index (κ3) is 6.46. The molecule has 2 rings (SSSR count). The van der Waals surface area contributed by atoms with E-state index in [1.807, 2.05) is 0 Å². The summed E-state index contributed by atoms with van der Waals surface area (Å²) >= 11 is 0. The van der Waals surface area contributed by atoms with E-state index in [9.17, 15) is 13.6 Å². The van der Waals surface area contributed by atoms with Gasteiger partial charge in [0.2, 0.25) is 5.91 Å². The zero-order valence-electron chi connectivity index (χ0n) is 15.5. The molecule has 0 fully saturated rings. The average Bonchev–Trinajstić information content (AvgIpc) is 2.70. The van der Waals surface area contributed by atoms with Crippen LogP contribution in [0.1, 0.15) is 5.56 Å². The average molecular weight is 393 g/mol. The summed E-state index contributed by atoms with van der Waals surface area (Å²) in [5, 5.41) is 2.64. The Labute approximate surface area is 161 Å². The van der Waals surface area contributed by atoms with Gasteiger partial charge in [0.15, 0.2) is 11.5 Å². The number of amides is 1. The fourth-order valence-electron chi connectivity index (χ4n) is 2.30. The second-order valence-electron chi connectivity index (χ2n) is 5.41. The monoisotopic (exact) mass is 393 g/mol. The second-order valence-corrected chi connectivity index (χ2v) is 5.41. The number of carbonyl (C=O) groups is 1. The van der Waals surface area contributed by atoms with Crippen LogP contribution in [0.5, 0.6) is 23.0 Å². The van der Waals surface area contributed by atoms with E-state index in [-0.39, 0.29) is 24.7 Å². The predicted octanol–water partition coefficient (Wildman–Crippen LogP) is 3.51. The van der Waals surface area contributed by atoms with Gasteiger partial charge in [0.1, 0.15) is 18.1 Å². The van der Waals surface area contributed by atoms with Crippen molar-refractivity contribution in [1.82, 2.24) is 5.32 Å². The van der Waals surface area contributed by atoms with Crippen molar-refractivity contribution < 1.29 is 32.5 Å². The zero-order valence-corrected chi connectivity index (χ0v) is 15.5. The summed E-state index contributed by atoms with van der Waals surface area (Å²) in [6.45, 7) is -2.49. The number of halogens is 2. The van der Waals surface area contributed by atoms with Crippen molar-refractivity contribution in [3.63, 3.8) is 0 Å². The lowest BCUT2D eigenvalue weighted by Crippen LogP contribution is -2.26. The van der Waals surface area contributed by atoms with Crippen molar-refractivity contribution in [2.45, 2.75) is 6.61 Å². The molecule has 1 amide bonds. The Balaban J connectivity index is 1.88. The van der Waals surface area contributed by atoms with Crippen LogP contribution >= 0.6 is 0 Å². The molecule has 28 heavy (non-hydrogen) atoms. The molecule has 0 saturated heterocycles. The molecule has 1 N–H and O–H groups in total. The van der Waals surface area contributed by atoms with E-state index >= 15 is 0 Å². The lowest BCUT2D eigenvalue weighted by molar-refractivity contribution is -0.116. The molecule has 0 heterocycles. The number of methoxy groups -OCH3 is 2. The summed E-state index contributed by atoms with van der Waals surface area (Å²) in [6.07, 6.45) is 2.59. The van der Waals surface area contributed by atoms with Gasteiger partial charge in [-0.25, -0.2) is 0 Å². The zero-order chi connectivity index (χ0) is 20.4. The summed E-state index contributed by atoms with van der Waals surface area (Å²) in [6, 6.07) is 11.7. The van der Waals surface area contributed by atoms with Crippen LogP contribution in [-0.4, -0.2) is 39.9 Å². The van der Waals surface area contributed by atoms with Crippen LogP contribution in [0.25, 0.3) is 6.08 Å². The number of hydrogen-bond donors (Lipinski definition) is 1.